The molecule has 6 heteroatoms. The van der Waals surface area contributed by atoms with Crippen LogP contribution >= 0.6 is 0 Å². The van der Waals surface area contributed by atoms with Crippen molar-refractivity contribution in [2.75, 3.05) is 18.1 Å². The minimum absolute atomic E-state index is 0.0125. The first-order valence-corrected chi connectivity index (χ1v) is 6.78. The molecular weight excluding hydrogens is 260 g/mol. The van der Waals surface area contributed by atoms with Crippen LogP contribution in [0.1, 0.15) is 36.0 Å². The van der Waals surface area contributed by atoms with Crippen LogP contribution in [0.15, 0.2) is 18.2 Å². The summed E-state index contributed by atoms with van der Waals surface area (Å²) in [6.45, 7) is 0.842. The first kappa shape index (κ1) is 14.5. The van der Waals surface area contributed by atoms with E-state index in [-0.39, 0.29) is 23.9 Å². The Morgan fingerprint density at radius 1 is 1.40 bits per heavy atom. The van der Waals surface area contributed by atoms with Crippen LogP contribution in [-0.4, -0.2) is 35.5 Å². The SMILES string of the molecule is O=Cc1cc(N2CCCCCC2CO)ccc1[N+](=O)[O-]. The molecule has 0 bridgehead atoms. The molecule has 0 radical (unpaired) electrons. The summed E-state index contributed by atoms with van der Waals surface area (Å²) in [5.74, 6) is 0. The Kier molecular flexibility index (Phi) is 4.68. The normalized spacial score (nSPS) is 19.4. The second kappa shape index (κ2) is 6.47. The Hall–Kier alpha value is -1.95. The Balaban J connectivity index is 2.35. The predicted molar refractivity (Wildman–Crippen MR) is 75.2 cm³/mol. The number of aldehydes is 1. The van der Waals surface area contributed by atoms with Crippen LogP contribution in [-0.2, 0) is 0 Å². The largest absolute Gasteiger partial charge is 0.394 e. The van der Waals surface area contributed by atoms with Crippen molar-refractivity contribution >= 4 is 17.7 Å². The molecule has 1 aliphatic rings. The molecule has 1 aromatic carbocycles. The summed E-state index contributed by atoms with van der Waals surface area (Å²) < 4.78 is 0. The molecular formula is C14H18N2O4. The molecule has 108 valence electrons. The van der Waals surface area contributed by atoms with Crippen LogP contribution in [0, 0.1) is 10.1 Å². The predicted octanol–water partition coefficient (Wildman–Crippen LogP) is 2.15. The zero-order valence-electron chi connectivity index (χ0n) is 11.2. The van der Waals surface area contributed by atoms with E-state index in [9.17, 15) is 20.0 Å². The van der Waals surface area contributed by atoms with E-state index in [1.54, 1.807) is 12.1 Å². The Labute approximate surface area is 117 Å². The molecule has 0 aromatic heterocycles. The number of nitrogens with zero attached hydrogens (tertiary/aromatic N) is 2. The molecule has 1 saturated heterocycles. The molecule has 2 rings (SSSR count). The van der Waals surface area contributed by atoms with Gasteiger partial charge in [-0.25, -0.2) is 0 Å². The van der Waals surface area contributed by atoms with E-state index in [1.165, 1.54) is 6.07 Å². The third kappa shape index (κ3) is 2.96. The first-order chi connectivity index (χ1) is 9.67. The quantitative estimate of drug-likeness (QED) is 0.518. The van der Waals surface area contributed by atoms with Gasteiger partial charge in [0.05, 0.1) is 23.1 Å². The number of anilines is 1. The highest BCUT2D eigenvalue weighted by molar-refractivity contribution is 5.83. The molecule has 0 aliphatic carbocycles. The van der Waals surface area contributed by atoms with Crippen LogP contribution in [0.25, 0.3) is 0 Å². The van der Waals surface area contributed by atoms with Gasteiger partial charge >= 0.3 is 0 Å². The molecule has 20 heavy (non-hydrogen) atoms. The van der Waals surface area contributed by atoms with E-state index < -0.39 is 4.92 Å². The van der Waals surface area contributed by atoms with E-state index in [1.807, 2.05) is 4.90 Å². The Morgan fingerprint density at radius 3 is 2.85 bits per heavy atom. The smallest absolute Gasteiger partial charge is 0.280 e. The molecule has 1 N–H and O–H groups in total. The number of carbonyl (C=O) groups is 1. The molecule has 1 heterocycles. The molecule has 1 atom stereocenters. The molecule has 6 nitrogen and oxygen atoms in total. The lowest BCUT2D eigenvalue weighted by Gasteiger charge is -2.30. The van der Waals surface area contributed by atoms with Gasteiger partial charge in [-0.3, -0.25) is 14.9 Å². The van der Waals surface area contributed by atoms with Gasteiger partial charge in [0.2, 0.25) is 0 Å². The van der Waals surface area contributed by atoms with Gasteiger partial charge in [-0.15, -0.1) is 0 Å². The van der Waals surface area contributed by atoms with Crippen molar-refractivity contribution in [3.05, 3.63) is 33.9 Å². The van der Waals surface area contributed by atoms with Gasteiger partial charge in [0.25, 0.3) is 5.69 Å². The van der Waals surface area contributed by atoms with Crippen LogP contribution < -0.4 is 4.90 Å². The Morgan fingerprint density at radius 2 is 2.20 bits per heavy atom. The third-order valence-electron chi connectivity index (χ3n) is 3.75. The summed E-state index contributed by atoms with van der Waals surface area (Å²) >= 11 is 0. The summed E-state index contributed by atoms with van der Waals surface area (Å²) in [7, 11) is 0. The maximum absolute atomic E-state index is 11.0. The lowest BCUT2D eigenvalue weighted by atomic mass is 10.1. The fraction of sp³-hybridized carbons (Fsp3) is 0.500. The fourth-order valence-corrected chi connectivity index (χ4v) is 2.69. The van der Waals surface area contributed by atoms with Crippen molar-refractivity contribution < 1.29 is 14.8 Å². The minimum atomic E-state index is -0.556. The van der Waals surface area contributed by atoms with E-state index in [2.05, 4.69) is 0 Å². The third-order valence-corrected chi connectivity index (χ3v) is 3.75. The Bertz CT molecular complexity index is 504. The maximum atomic E-state index is 11.0. The topological polar surface area (TPSA) is 83.7 Å². The second-order valence-electron chi connectivity index (χ2n) is 5.00. The second-order valence-corrected chi connectivity index (χ2v) is 5.00. The van der Waals surface area contributed by atoms with Crippen LogP contribution in [0.4, 0.5) is 11.4 Å². The van der Waals surface area contributed by atoms with E-state index in [0.717, 1.165) is 37.9 Å². The monoisotopic (exact) mass is 278 g/mol. The van der Waals surface area contributed by atoms with Crippen molar-refractivity contribution in [2.24, 2.45) is 0 Å². The number of aliphatic hydroxyl groups excluding tert-OH is 1. The van der Waals surface area contributed by atoms with Gasteiger partial charge in [0.15, 0.2) is 6.29 Å². The van der Waals surface area contributed by atoms with Gasteiger partial charge in [0.1, 0.15) is 0 Å². The van der Waals surface area contributed by atoms with Crippen LogP contribution in [0.5, 0.6) is 0 Å². The highest BCUT2D eigenvalue weighted by Crippen LogP contribution is 2.28. The molecule has 0 spiro atoms. The maximum Gasteiger partial charge on any atom is 0.280 e. The van der Waals surface area contributed by atoms with Gasteiger partial charge in [-0.05, 0) is 25.0 Å². The molecule has 1 aromatic rings. The van der Waals surface area contributed by atoms with E-state index in [4.69, 9.17) is 0 Å². The average molecular weight is 278 g/mol. The lowest BCUT2D eigenvalue weighted by Crippen LogP contribution is -2.37. The number of hydrogen-bond donors (Lipinski definition) is 1. The number of benzene rings is 1. The summed E-state index contributed by atoms with van der Waals surface area (Å²) in [5.41, 5.74) is 0.659. The van der Waals surface area contributed by atoms with Crippen molar-refractivity contribution in [1.82, 2.24) is 0 Å². The van der Waals surface area contributed by atoms with Crippen molar-refractivity contribution in [3.8, 4) is 0 Å². The standard InChI is InChI=1S/C14H18N2O4/c17-9-11-8-12(5-6-14(11)16(19)20)15-7-3-1-2-4-13(15)10-18/h5-6,8-9,13,18H,1-4,7,10H2. The molecule has 1 aliphatic heterocycles. The number of nitro groups is 1. The van der Waals surface area contributed by atoms with Crippen LogP contribution in [0.2, 0.25) is 0 Å². The minimum Gasteiger partial charge on any atom is -0.394 e. The number of carbonyl (C=O) groups excluding carboxylic acids is 1. The number of aliphatic hydroxyl groups is 1. The van der Waals surface area contributed by atoms with E-state index >= 15 is 0 Å². The van der Waals surface area contributed by atoms with Crippen molar-refractivity contribution in [2.45, 2.75) is 31.7 Å². The van der Waals surface area contributed by atoms with Gasteiger partial charge in [-0.2, -0.15) is 0 Å². The highest BCUT2D eigenvalue weighted by Gasteiger charge is 2.22. The summed E-state index contributed by atoms with van der Waals surface area (Å²) in [6.07, 6.45) is 4.59. The van der Waals surface area contributed by atoms with Gasteiger partial charge < -0.3 is 10.0 Å². The summed E-state index contributed by atoms with van der Waals surface area (Å²) in [4.78, 5) is 23.3. The van der Waals surface area contributed by atoms with Gasteiger partial charge in [0, 0.05) is 18.3 Å². The fourth-order valence-electron chi connectivity index (χ4n) is 2.69. The van der Waals surface area contributed by atoms with Crippen molar-refractivity contribution in [1.29, 1.82) is 0 Å². The van der Waals surface area contributed by atoms with Gasteiger partial charge in [-0.1, -0.05) is 12.8 Å². The average Bonchev–Trinajstić information content (AvgIpc) is 2.71. The first-order valence-electron chi connectivity index (χ1n) is 6.78. The number of rotatable bonds is 4. The molecule has 0 saturated carbocycles. The molecule has 1 unspecified atom stereocenters. The number of nitro benzene ring substituents is 1. The summed E-state index contributed by atoms with van der Waals surface area (Å²) in [6, 6.07) is 4.56. The number of hydrogen-bond acceptors (Lipinski definition) is 5. The molecule has 1 fully saturated rings. The zero-order valence-corrected chi connectivity index (χ0v) is 11.2. The summed E-state index contributed by atoms with van der Waals surface area (Å²) in [5, 5.41) is 20.3. The van der Waals surface area contributed by atoms with Crippen LogP contribution in [0.3, 0.4) is 0 Å². The lowest BCUT2D eigenvalue weighted by molar-refractivity contribution is -0.385. The zero-order chi connectivity index (χ0) is 14.5. The highest BCUT2D eigenvalue weighted by atomic mass is 16.6. The van der Waals surface area contributed by atoms with E-state index in [0.29, 0.717) is 6.29 Å². The van der Waals surface area contributed by atoms with Crippen molar-refractivity contribution in [3.63, 3.8) is 0 Å². The molecule has 0 amide bonds.